The summed E-state index contributed by atoms with van der Waals surface area (Å²) in [7, 11) is 1.79. The Morgan fingerprint density at radius 3 is 2.69 bits per heavy atom. The van der Waals surface area contributed by atoms with Crippen LogP contribution >= 0.6 is 11.6 Å². The second-order valence-corrected chi connectivity index (χ2v) is 8.43. The largest absolute Gasteiger partial charge is 0.481 e. The minimum Gasteiger partial charge on any atom is -0.481 e. The third-order valence-electron chi connectivity index (χ3n) is 5.72. The van der Waals surface area contributed by atoms with E-state index < -0.39 is 5.97 Å². The number of anilines is 1. The molecule has 2 rings (SSSR count). The van der Waals surface area contributed by atoms with Crippen molar-refractivity contribution in [2.45, 2.75) is 82.2 Å². The van der Waals surface area contributed by atoms with Crippen LogP contribution in [-0.4, -0.2) is 36.1 Å². The summed E-state index contributed by atoms with van der Waals surface area (Å²) < 4.78 is 5.71. The molecule has 1 fully saturated rings. The first kappa shape index (κ1) is 23.8. The second-order valence-electron chi connectivity index (χ2n) is 7.87. The fourth-order valence-corrected chi connectivity index (χ4v) is 4.35. The van der Waals surface area contributed by atoms with E-state index in [4.69, 9.17) is 21.4 Å². The Labute approximate surface area is 180 Å². The van der Waals surface area contributed by atoms with Gasteiger partial charge in [0.2, 0.25) is 0 Å². The van der Waals surface area contributed by atoms with Gasteiger partial charge in [-0.05, 0) is 49.8 Å². The van der Waals surface area contributed by atoms with Gasteiger partial charge in [-0.1, -0.05) is 50.5 Å². The number of halogens is 1. The van der Waals surface area contributed by atoms with Crippen molar-refractivity contribution >= 4 is 23.3 Å². The van der Waals surface area contributed by atoms with E-state index in [-0.39, 0.29) is 23.9 Å². The fourth-order valence-electron chi connectivity index (χ4n) is 4.02. The number of hydrogen-bond donors (Lipinski definition) is 1. The minimum atomic E-state index is -0.731. The second kappa shape index (κ2) is 12.9. The number of alkyl halides is 1. The van der Waals surface area contributed by atoms with Crippen LogP contribution in [0.25, 0.3) is 0 Å². The van der Waals surface area contributed by atoms with Crippen molar-refractivity contribution in [3.8, 4) is 0 Å². The zero-order valence-corrected chi connectivity index (χ0v) is 18.6. The summed E-state index contributed by atoms with van der Waals surface area (Å²) >= 11 is 6.61. The molecule has 0 aliphatic carbocycles. The van der Waals surface area contributed by atoms with Gasteiger partial charge in [0.15, 0.2) is 0 Å². The number of carboxylic acids is 1. The summed E-state index contributed by atoms with van der Waals surface area (Å²) in [5.41, 5.74) is 2.45. The fraction of sp³-hybridized carbons (Fsp3) is 0.625. The van der Waals surface area contributed by atoms with Gasteiger partial charge in [-0.3, -0.25) is 4.79 Å². The third-order valence-corrected chi connectivity index (χ3v) is 6.23. The molecule has 0 radical (unpaired) electrons. The lowest BCUT2D eigenvalue weighted by Gasteiger charge is -2.28. The molecule has 2 unspecified atom stereocenters. The molecular weight excluding hydrogens is 386 g/mol. The Morgan fingerprint density at radius 2 is 2.03 bits per heavy atom. The van der Waals surface area contributed by atoms with Gasteiger partial charge in [-0.15, -0.1) is 11.6 Å². The summed E-state index contributed by atoms with van der Waals surface area (Å²) in [4.78, 5) is 13.0. The summed E-state index contributed by atoms with van der Waals surface area (Å²) in [6.45, 7) is 3.19. The molecule has 3 atom stereocenters. The van der Waals surface area contributed by atoms with Crippen molar-refractivity contribution in [3.63, 3.8) is 0 Å². The van der Waals surface area contributed by atoms with Crippen LogP contribution in [0.2, 0.25) is 0 Å². The summed E-state index contributed by atoms with van der Waals surface area (Å²) in [6, 6.07) is 9.05. The van der Waals surface area contributed by atoms with Crippen molar-refractivity contribution in [1.29, 1.82) is 0 Å². The zero-order chi connectivity index (χ0) is 21.1. The van der Waals surface area contributed by atoms with Crippen LogP contribution in [0.1, 0.15) is 76.4 Å². The van der Waals surface area contributed by atoms with Gasteiger partial charge in [0.25, 0.3) is 0 Å². The van der Waals surface area contributed by atoms with Gasteiger partial charge in [0.1, 0.15) is 0 Å². The number of methoxy groups -OCH3 is 1. The first-order valence-corrected chi connectivity index (χ1v) is 11.4. The van der Waals surface area contributed by atoms with E-state index in [2.05, 4.69) is 48.2 Å². The third kappa shape index (κ3) is 7.67. The van der Waals surface area contributed by atoms with E-state index in [1.165, 1.54) is 30.5 Å². The zero-order valence-electron chi connectivity index (χ0n) is 17.9. The van der Waals surface area contributed by atoms with Gasteiger partial charge in [0.05, 0.1) is 11.5 Å². The molecule has 1 aliphatic rings. The lowest BCUT2D eigenvalue weighted by molar-refractivity contribution is -0.137. The molecule has 4 nitrogen and oxygen atoms in total. The number of hydrogen-bond acceptors (Lipinski definition) is 3. The molecule has 1 aliphatic heterocycles. The normalized spacial score (nSPS) is 20.4. The lowest BCUT2D eigenvalue weighted by atomic mass is 10.0. The highest BCUT2D eigenvalue weighted by Gasteiger charge is 2.32. The van der Waals surface area contributed by atoms with Crippen LogP contribution < -0.4 is 4.90 Å². The van der Waals surface area contributed by atoms with Gasteiger partial charge < -0.3 is 14.7 Å². The highest BCUT2D eigenvalue weighted by molar-refractivity contribution is 6.21. The molecule has 162 valence electrons. The highest BCUT2D eigenvalue weighted by Crippen LogP contribution is 2.32. The number of allylic oxidation sites excluding steroid dienone is 1. The van der Waals surface area contributed by atoms with Gasteiger partial charge >= 0.3 is 5.97 Å². The number of aliphatic carboxylic acids is 1. The maximum Gasteiger partial charge on any atom is 0.303 e. The Bertz CT molecular complexity index is 632. The Morgan fingerprint density at radius 1 is 1.28 bits per heavy atom. The minimum absolute atomic E-state index is 0.138. The predicted octanol–water partition coefficient (Wildman–Crippen LogP) is 6.34. The number of carbonyl (C=O) groups is 1. The summed E-state index contributed by atoms with van der Waals surface area (Å²) in [5, 5.41) is 8.84. The molecule has 0 saturated carbocycles. The Kier molecular flexibility index (Phi) is 10.6. The van der Waals surface area contributed by atoms with Gasteiger partial charge in [-0.2, -0.15) is 0 Å². The van der Waals surface area contributed by atoms with Crippen molar-refractivity contribution in [1.82, 2.24) is 0 Å². The number of benzene rings is 1. The van der Waals surface area contributed by atoms with Crippen LogP contribution in [0.4, 0.5) is 5.69 Å². The first-order valence-electron chi connectivity index (χ1n) is 11.0. The van der Waals surface area contributed by atoms with E-state index in [1.807, 2.05) is 0 Å². The standard InChI is InChI=1S/C24H36ClNO3/c1-3-4-7-11-23(29-2)19-13-15-20(16-14-19)26-18-17-21(25)22(26)10-8-5-6-9-12-24(27)28/h5,8,13-16,21-23H,3-4,6-7,9-12,17-18H2,1-2H3,(H,27,28)/b8-5-/t21?,22-,23?/m0/s1. The number of nitrogens with zero attached hydrogens (tertiary/aromatic N) is 1. The van der Waals surface area contributed by atoms with Gasteiger partial charge in [0, 0.05) is 31.8 Å². The summed E-state index contributed by atoms with van der Waals surface area (Å²) in [6.07, 6.45) is 12.7. The topological polar surface area (TPSA) is 49.8 Å². The molecule has 1 N–H and O–H groups in total. The first-order chi connectivity index (χ1) is 14.1. The molecule has 0 spiro atoms. The van der Waals surface area contributed by atoms with E-state index in [1.54, 1.807) is 7.11 Å². The molecule has 1 aromatic carbocycles. The SMILES string of the molecule is CCCCCC(OC)c1ccc(N2CCC(Cl)[C@@H]2C/C=C\CCCC(=O)O)cc1. The number of unbranched alkanes of at least 4 members (excludes halogenated alkanes) is 3. The van der Waals surface area contributed by atoms with Crippen LogP contribution in [0.15, 0.2) is 36.4 Å². The monoisotopic (exact) mass is 421 g/mol. The average Bonchev–Trinajstić information content (AvgIpc) is 3.08. The predicted molar refractivity (Wildman–Crippen MR) is 121 cm³/mol. The van der Waals surface area contributed by atoms with Crippen molar-refractivity contribution in [2.24, 2.45) is 0 Å². The number of carboxylic acid groups (broad SMARTS) is 1. The van der Waals surface area contributed by atoms with Crippen LogP contribution in [0.5, 0.6) is 0 Å². The lowest BCUT2D eigenvalue weighted by Crippen LogP contribution is -2.32. The molecule has 1 heterocycles. The van der Waals surface area contributed by atoms with Crippen LogP contribution in [0.3, 0.4) is 0 Å². The molecule has 0 bridgehead atoms. The van der Waals surface area contributed by atoms with E-state index >= 15 is 0 Å². The Hall–Kier alpha value is -1.52. The van der Waals surface area contributed by atoms with Crippen molar-refractivity contribution < 1.29 is 14.6 Å². The smallest absolute Gasteiger partial charge is 0.303 e. The van der Waals surface area contributed by atoms with E-state index in [9.17, 15) is 4.79 Å². The van der Waals surface area contributed by atoms with Crippen molar-refractivity contribution in [2.75, 3.05) is 18.6 Å². The maximum atomic E-state index is 10.6. The molecule has 5 heteroatoms. The number of ether oxygens (including phenoxy) is 1. The van der Waals surface area contributed by atoms with Crippen LogP contribution in [-0.2, 0) is 9.53 Å². The molecule has 0 aromatic heterocycles. The quantitative estimate of drug-likeness (QED) is 0.229. The molecule has 0 amide bonds. The average molecular weight is 422 g/mol. The molecule has 1 saturated heterocycles. The van der Waals surface area contributed by atoms with Crippen molar-refractivity contribution in [3.05, 3.63) is 42.0 Å². The van der Waals surface area contributed by atoms with Gasteiger partial charge in [-0.25, -0.2) is 0 Å². The molecule has 1 aromatic rings. The maximum absolute atomic E-state index is 10.6. The van der Waals surface area contributed by atoms with E-state index in [0.717, 1.165) is 32.2 Å². The Balaban J connectivity index is 1.93. The van der Waals surface area contributed by atoms with Crippen LogP contribution in [0, 0.1) is 0 Å². The van der Waals surface area contributed by atoms with E-state index in [0.29, 0.717) is 6.42 Å². The number of rotatable bonds is 13. The molecular formula is C24H36ClNO3. The highest BCUT2D eigenvalue weighted by atomic mass is 35.5. The summed E-state index contributed by atoms with van der Waals surface area (Å²) in [5.74, 6) is -0.731. The molecule has 29 heavy (non-hydrogen) atoms.